The highest BCUT2D eigenvalue weighted by molar-refractivity contribution is 14.0. The van der Waals surface area contributed by atoms with Gasteiger partial charge in [0.2, 0.25) is 0 Å². The SMILES string of the molecule is CC(C)(C)OC(=O)N1CCN(C(N)=NCCCc2cc(F)cc(F)c2)CC1.I. The molecule has 1 amide bonds. The first-order valence-electron chi connectivity index (χ1n) is 9.12. The molecule has 2 N–H and O–H groups in total. The van der Waals surface area contributed by atoms with E-state index in [0.717, 1.165) is 6.07 Å². The number of hydrogen-bond acceptors (Lipinski definition) is 3. The molecule has 0 atom stereocenters. The number of nitrogens with zero attached hydrogens (tertiary/aromatic N) is 3. The van der Waals surface area contributed by atoms with Gasteiger partial charge in [0.05, 0.1) is 0 Å². The van der Waals surface area contributed by atoms with Crippen LogP contribution in [-0.2, 0) is 11.2 Å². The summed E-state index contributed by atoms with van der Waals surface area (Å²) in [5.41, 5.74) is 6.11. The van der Waals surface area contributed by atoms with Crippen LogP contribution in [-0.4, -0.2) is 60.2 Å². The van der Waals surface area contributed by atoms with Gasteiger partial charge in [-0.15, -0.1) is 24.0 Å². The molecule has 6 nitrogen and oxygen atoms in total. The third kappa shape index (κ3) is 8.15. The van der Waals surface area contributed by atoms with Crippen molar-refractivity contribution in [3.05, 3.63) is 35.4 Å². The molecule has 0 saturated carbocycles. The monoisotopic (exact) mass is 510 g/mol. The summed E-state index contributed by atoms with van der Waals surface area (Å²) in [6, 6.07) is 3.51. The van der Waals surface area contributed by atoms with Crippen LogP contribution in [0.25, 0.3) is 0 Å². The number of aliphatic imine (C=N–C) groups is 1. The van der Waals surface area contributed by atoms with Crippen LogP contribution in [0.4, 0.5) is 13.6 Å². The summed E-state index contributed by atoms with van der Waals surface area (Å²) in [5.74, 6) is -0.726. The van der Waals surface area contributed by atoms with Crippen LogP contribution in [0.1, 0.15) is 32.8 Å². The van der Waals surface area contributed by atoms with Crippen LogP contribution in [0.5, 0.6) is 0 Å². The Morgan fingerprint density at radius 2 is 1.64 bits per heavy atom. The number of amides is 1. The quantitative estimate of drug-likeness (QED) is 0.292. The number of halogens is 3. The second-order valence-corrected chi connectivity index (χ2v) is 7.58. The molecule has 0 spiro atoms. The zero-order valence-corrected chi connectivity index (χ0v) is 18.9. The highest BCUT2D eigenvalue weighted by Crippen LogP contribution is 2.12. The van der Waals surface area contributed by atoms with Crippen LogP contribution < -0.4 is 5.73 Å². The predicted octanol–water partition coefficient (Wildman–Crippen LogP) is 3.38. The Labute approximate surface area is 182 Å². The largest absolute Gasteiger partial charge is 0.444 e. The van der Waals surface area contributed by atoms with Gasteiger partial charge in [0.1, 0.15) is 17.2 Å². The van der Waals surface area contributed by atoms with Crippen molar-refractivity contribution in [3.8, 4) is 0 Å². The van der Waals surface area contributed by atoms with Gasteiger partial charge in [-0.1, -0.05) is 0 Å². The summed E-state index contributed by atoms with van der Waals surface area (Å²) in [6.07, 6.45) is 0.847. The molecule has 1 fully saturated rings. The summed E-state index contributed by atoms with van der Waals surface area (Å²) < 4.78 is 31.7. The number of carbonyl (C=O) groups is 1. The Morgan fingerprint density at radius 1 is 1.11 bits per heavy atom. The third-order valence-electron chi connectivity index (χ3n) is 4.08. The molecule has 0 radical (unpaired) electrons. The van der Waals surface area contributed by atoms with E-state index in [-0.39, 0.29) is 30.1 Å². The molecular weight excluding hydrogens is 481 g/mol. The Balaban J connectivity index is 0.00000392. The maximum atomic E-state index is 13.2. The average molecular weight is 510 g/mol. The van der Waals surface area contributed by atoms with E-state index in [9.17, 15) is 13.6 Å². The van der Waals surface area contributed by atoms with Crippen molar-refractivity contribution in [2.75, 3.05) is 32.7 Å². The number of hydrogen-bond donors (Lipinski definition) is 1. The van der Waals surface area contributed by atoms with Crippen molar-refractivity contribution in [1.82, 2.24) is 9.80 Å². The number of aryl methyl sites for hydroxylation is 1. The lowest BCUT2D eigenvalue weighted by molar-refractivity contribution is 0.0186. The van der Waals surface area contributed by atoms with E-state index in [1.165, 1.54) is 12.1 Å². The summed E-state index contributed by atoms with van der Waals surface area (Å²) in [7, 11) is 0. The Morgan fingerprint density at radius 3 is 2.18 bits per heavy atom. The zero-order valence-electron chi connectivity index (χ0n) is 16.6. The van der Waals surface area contributed by atoms with E-state index in [1.807, 2.05) is 25.7 Å². The van der Waals surface area contributed by atoms with E-state index in [0.29, 0.717) is 57.1 Å². The lowest BCUT2D eigenvalue weighted by atomic mass is 10.1. The van der Waals surface area contributed by atoms with E-state index < -0.39 is 17.2 Å². The maximum absolute atomic E-state index is 13.2. The van der Waals surface area contributed by atoms with Crippen molar-refractivity contribution in [2.45, 2.75) is 39.2 Å². The van der Waals surface area contributed by atoms with E-state index in [4.69, 9.17) is 10.5 Å². The lowest BCUT2D eigenvalue weighted by Gasteiger charge is -2.36. The van der Waals surface area contributed by atoms with Gasteiger partial charge in [-0.2, -0.15) is 0 Å². The number of benzene rings is 1. The number of ether oxygens (including phenoxy) is 1. The first-order valence-corrected chi connectivity index (χ1v) is 9.12. The summed E-state index contributed by atoms with van der Waals surface area (Å²) in [6.45, 7) is 8.20. The first kappa shape index (κ1) is 24.4. The van der Waals surface area contributed by atoms with Crippen LogP contribution in [0.2, 0.25) is 0 Å². The molecule has 0 unspecified atom stereocenters. The fourth-order valence-corrected chi connectivity index (χ4v) is 2.78. The number of carbonyl (C=O) groups excluding carboxylic acids is 1. The first-order chi connectivity index (χ1) is 12.6. The molecular formula is C19H29F2IN4O2. The van der Waals surface area contributed by atoms with Crippen LogP contribution in [0.15, 0.2) is 23.2 Å². The van der Waals surface area contributed by atoms with Gasteiger partial charge < -0.3 is 20.3 Å². The van der Waals surface area contributed by atoms with Crippen molar-refractivity contribution < 1.29 is 18.3 Å². The van der Waals surface area contributed by atoms with Gasteiger partial charge in [0.25, 0.3) is 0 Å². The van der Waals surface area contributed by atoms with Gasteiger partial charge in [0, 0.05) is 38.8 Å². The zero-order chi connectivity index (χ0) is 20.0. The van der Waals surface area contributed by atoms with Gasteiger partial charge >= 0.3 is 6.09 Å². The molecule has 1 aliphatic heterocycles. The lowest BCUT2D eigenvalue weighted by Crippen LogP contribution is -2.53. The van der Waals surface area contributed by atoms with Crippen molar-refractivity contribution in [1.29, 1.82) is 0 Å². The van der Waals surface area contributed by atoms with Crippen LogP contribution >= 0.6 is 24.0 Å². The molecule has 1 aromatic rings. The van der Waals surface area contributed by atoms with E-state index in [1.54, 1.807) is 4.90 Å². The van der Waals surface area contributed by atoms with Crippen molar-refractivity contribution in [2.24, 2.45) is 10.7 Å². The summed E-state index contributed by atoms with van der Waals surface area (Å²) in [5, 5.41) is 0. The van der Waals surface area contributed by atoms with Gasteiger partial charge in [-0.3, -0.25) is 4.99 Å². The Kier molecular flexibility index (Phi) is 9.38. The number of rotatable bonds is 4. The molecule has 1 saturated heterocycles. The minimum absolute atomic E-state index is 0. The maximum Gasteiger partial charge on any atom is 0.410 e. The number of nitrogens with two attached hydrogens (primary N) is 1. The average Bonchev–Trinajstić information content (AvgIpc) is 2.56. The fraction of sp³-hybridized carbons (Fsp3) is 0.579. The minimum Gasteiger partial charge on any atom is -0.444 e. The highest BCUT2D eigenvalue weighted by atomic mass is 127. The number of guanidine groups is 1. The summed E-state index contributed by atoms with van der Waals surface area (Å²) in [4.78, 5) is 20.0. The molecule has 1 heterocycles. The van der Waals surface area contributed by atoms with Gasteiger partial charge in [0.15, 0.2) is 5.96 Å². The van der Waals surface area contributed by atoms with Crippen molar-refractivity contribution >= 4 is 36.0 Å². The standard InChI is InChI=1S/C19H28F2N4O2.HI/c1-19(2,3)27-18(26)25-9-7-24(8-10-25)17(22)23-6-4-5-14-11-15(20)13-16(21)12-14;/h11-13H,4-10H2,1-3H3,(H2,22,23);1H. The Hall–Kier alpha value is -1.65. The molecule has 1 aromatic carbocycles. The van der Waals surface area contributed by atoms with Crippen LogP contribution in [0, 0.1) is 11.6 Å². The predicted molar refractivity (Wildman–Crippen MR) is 116 cm³/mol. The highest BCUT2D eigenvalue weighted by Gasteiger charge is 2.26. The third-order valence-corrected chi connectivity index (χ3v) is 4.08. The molecule has 9 heteroatoms. The Bertz CT molecular complexity index is 667. The second-order valence-electron chi connectivity index (χ2n) is 7.58. The topological polar surface area (TPSA) is 71.2 Å². The molecule has 2 rings (SSSR count). The normalized spacial score (nSPS) is 15.2. The molecule has 28 heavy (non-hydrogen) atoms. The van der Waals surface area contributed by atoms with E-state index in [2.05, 4.69) is 4.99 Å². The molecule has 1 aliphatic rings. The van der Waals surface area contributed by atoms with Crippen LogP contribution in [0.3, 0.4) is 0 Å². The molecule has 0 aromatic heterocycles. The molecule has 0 bridgehead atoms. The second kappa shape index (κ2) is 10.8. The molecule has 158 valence electrons. The fourth-order valence-electron chi connectivity index (χ4n) is 2.78. The minimum atomic E-state index is -0.573. The van der Waals surface area contributed by atoms with Gasteiger partial charge in [-0.25, -0.2) is 13.6 Å². The smallest absolute Gasteiger partial charge is 0.410 e. The van der Waals surface area contributed by atoms with Crippen molar-refractivity contribution in [3.63, 3.8) is 0 Å². The van der Waals surface area contributed by atoms with E-state index >= 15 is 0 Å². The molecule has 0 aliphatic carbocycles. The van der Waals surface area contributed by atoms with Gasteiger partial charge in [-0.05, 0) is 51.3 Å². The summed E-state index contributed by atoms with van der Waals surface area (Å²) >= 11 is 0. The number of piperazine rings is 1.